The van der Waals surface area contributed by atoms with E-state index < -0.39 is 0 Å². The normalized spacial score (nSPS) is 17.6. The first-order chi connectivity index (χ1) is 7.86. The van der Waals surface area contributed by atoms with Gasteiger partial charge in [0, 0.05) is 19.2 Å². The Labute approximate surface area is 101 Å². The molecule has 2 nitrogen and oxygen atoms in total. The molecular formula is C14H29NO. The van der Waals surface area contributed by atoms with Crippen molar-refractivity contribution in [2.75, 3.05) is 13.2 Å². The molecule has 1 fully saturated rings. The van der Waals surface area contributed by atoms with Crippen molar-refractivity contribution >= 4 is 0 Å². The van der Waals surface area contributed by atoms with Crippen molar-refractivity contribution in [2.45, 2.75) is 77.4 Å². The van der Waals surface area contributed by atoms with Gasteiger partial charge in [0.2, 0.25) is 0 Å². The van der Waals surface area contributed by atoms with Crippen LogP contribution in [0, 0.1) is 0 Å². The van der Waals surface area contributed by atoms with Crippen LogP contribution in [-0.2, 0) is 4.74 Å². The fourth-order valence-corrected chi connectivity index (χ4v) is 1.86. The van der Waals surface area contributed by atoms with E-state index in [1.165, 1.54) is 44.9 Å². The smallest absolute Gasteiger partial charge is 0.0696 e. The predicted octanol–water partition coefficient (Wildman–Crippen LogP) is 3.50. The van der Waals surface area contributed by atoms with Gasteiger partial charge in [0.15, 0.2) is 0 Å². The van der Waals surface area contributed by atoms with Gasteiger partial charge in [0.1, 0.15) is 0 Å². The first-order valence-electron chi connectivity index (χ1n) is 7.21. The lowest BCUT2D eigenvalue weighted by Crippen LogP contribution is -2.30. The lowest BCUT2D eigenvalue weighted by molar-refractivity contribution is 0.0479. The van der Waals surface area contributed by atoms with Gasteiger partial charge in [0.05, 0.1) is 6.10 Å². The molecule has 0 aromatic carbocycles. The van der Waals surface area contributed by atoms with Gasteiger partial charge in [-0.15, -0.1) is 0 Å². The highest BCUT2D eigenvalue weighted by molar-refractivity contribution is 4.81. The lowest BCUT2D eigenvalue weighted by Gasteiger charge is -2.16. The van der Waals surface area contributed by atoms with Crippen LogP contribution in [0.2, 0.25) is 0 Å². The zero-order valence-electron chi connectivity index (χ0n) is 11.1. The van der Waals surface area contributed by atoms with Gasteiger partial charge in [-0.25, -0.2) is 0 Å². The van der Waals surface area contributed by atoms with Crippen molar-refractivity contribution in [1.82, 2.24) is 5.32 Å². The molecular weight excluding hydrogens is 198 g/mol. The summed E-state index contributed by atoms with van der Waals surface area (Å²) >= 11 is 0. The van der Waals surface area contributed by atoms with Crippen LogP contribution in [0.25, 0.3) is 0 Å². The molecule has 0 aromatic heterocycles. The summed E-state index contributed by atoms with van der Waals surface area (Å²) in [5, 5.41) is 3.54. The standard InChI is InChI=1S/C14H29NO/c1-3-5-6-7-8-11-16-14(4-2)12-15-13-9-10-13/h13-15H,3-12H2,1-2H3. The first-order valence-corrected chi connectivity index (χ1v) is 7.21. The maximum absolute atomic E-state index is 5.89. The Kier molecular flexibility index (Phi) is 7.87. The minimum absolute atomic E-state index is 0.437. The van der Waals surface area contributed by atoms with E-state index in [2.05, 4.69) is 19.2 Å². The molecule has 16 heavy (non-hydrogen) atoms. The number of unbranched alkanes of at least 4 members (excludes halogenated alkanes) is 4. The summed E-state index contributed by atoms with van der Waals surface area (Å²) in [5.41, 5.74) is 0. The molecule has 1 aliphatic carbocycles. The summed E-state index contributed by atoms with van der Waals surface area (Å²) in [6.45, 7) is 6.48. The lowest BCUT2D eigenvalue weighted by atomic mass is 10.2. The van der Waals surface area contributed by atoms with Crippen molar-refractivity contribution in [3.05, 3.63) is 0 Å². The highest BCUT2D eigenvalue weighted by Crippen LogP contribution is 2.18. The largest absolute Gasteiger partial charge is 0.377 e. The number of rotatable bonds is 11. The van der Waals surface area contributed by atoms with Crippen LogP contribution >= 0.6 is 0 Å². The third-order valence-corrected chi connectivity index (χ3v) is 3.27. The van der Waals surface area contributed by atoms with E-state index in [0.29, 0.717) is 6.10 Å². The fourth-order valence-electron chi connectivity index (χ4n) is 1.86. The Morgan fingerprint density at radius 3 is 2.50 bits per heavy atom. The van der Waals surface area contributed by atoms with Crippen LogP contribution in [-0.4, -0.2) is 25.3 Å². The number of ether oxygens (including phenoxy) is 1. The molecule has 0 saturated heterocycles. The Morgan fingerprint density at radius 1 is 1.12 bits per heavy atom. The second-order valence-corrected chi connectivity index (χ2v) is 5.00. The number of hydrogen-bond acceptors (Lipinski definition) is 2. The van der Waals surface area contributed by atoms with Crippen molar-refractivity contribution in [2.24, 2.45) is 0 Å². The highest BCUT2D eigenvalue weighted by Gasteiger charge is 2.21. The minimum Gasteiger partial charge on any atom is -0.377 e. The van der Waals surface area contributed by atoms with E-state index in [9.17, 15) is 0 Å². The molecule has 1 unspecified atom stereocenters. The van der Waals surface area contributed by atoms with E-state index in [-0.39, 0.29) is 0 Å². The Hall–Kier alpha value is -0.0800. The van der Waals surface area contributed by atoms with E-state index in [1.807, 2.05) is 0 Å². The maximum Gasteiger partial charge on any atom is 0.0696 e. The second-order valence-electron chi connectivity index (χ2n) is 5.00. The zero-order valence-corrected chi connectivity index (χ0v) is 11.1. The minimum atomic E-state index is 0.437. The van der Waals surface area contributed by atoms with Crippen molar-refractivity contribution in [3.63, 3.8) is 0 Å². The molecule has 0 aromatic rings. The average Bonchev–Trinajstić information content (AvgIpc) is 3.11. The summed E-state index contributed by atoms with van der Waals surface area (Å²) in [6.07, 6.45) is 10.9. The van der Waals surface area contributed by atoms with Gasteiger partial charge in [-0.3, -0.25) is 0 Å². The summed E-state index contributed by atoms with van der Waals surface area (Å²) in [4.78, 5) is 0. The van der Waals surface area contributed by atoms with Gasteiger partial charge in [-0.1, -0.05) is 39.5 Å². The Morgan fingerprint density at radius 2 is 1.88 bits per heavy atom. The number of hydrogen-bond donors (Lipinski definition) is 1. The highest BCUT2D eigenvalue weighted by atomic mass is 16.5. The summed E-state index contributed by atoms with van der Waals surface area (Å²) in [7, 11) is 0. The molecule has 1 saturated carbocycles. The molecule has 0 heterocycles. The third kappa shape index (κ3) is 7.24. The van der Waals surface area contributed by atoms with Crippen LogP contribution < -0.4 is 5.32 Å². The average molecular weight is 227 g/mol. The van der Waals surface area contributed by atoms with Gasteiger partial charge in [-0.2, -0.15) is 0 Å². The maximum atomic E-state index is 5.89. The first kappa shape index (κ1) is 14.0. The zero-order chi connectivity index (χ0) is 11.6. The van der Waals surface area contributed by atoms with E-state index in [1.54, 1.807) is 0 Å². The van der Waals surface area contributed by atoms with Gasteiger partial charge in [0.25, 0.3) is 0 Å². The SMILES string of the molecule is CCCCCCCOC(CC)CNC1CC1. The summed E-state index contributed by atoms with van der Waals surface area (Å²) < 4.78 is 5.89. The molecule has 0 radical (unpaired) electrons. The Balaban J connectivity index is 1.87. The van der Waals surface area contributed by atoms with Crippen LogP contribution in [0.15, 0.2) is 0 Å². The number of nitrogens with one attached hydrogen (secondary N) is 1. The van der Waals surface area contributed by atoms with Crippen LogP contribution in [0.5, 0.6) is 0 Å². The van der Waals surface area contributed by atoms with Gasteiger partial charge < -0.3 is 10.1 Å². The van der Waals surface area contributed by atoms with E-state index in [0.717, 1.165) is 25.6 Å². The van der Waals surface area contributed by atoms with Gasteiger partial charge in [-0.05, 0) is 25.7 Å². The van der Waals surface area contributed by atoms with Crippen molar-refractivity contribution in [1.29, 1.82) is 0 Å². The third-order valence-electron chi connectivity index (χ3n) is 3.27. The molecule has 96 valence electrons. The molecule has 0 amide bonds. The molecule has 1 aliphatic rings. The van der Waals surface area contributed by atoms with Gasteiger partial charge >= 0.3 is 0 Å². The summed E-state index contributed by atoms with van der Waals surface area (Å²) in [6, 6.07) is 0.808. The topological polar surface area (TPSA) is 21.3 Å². The molecule has 0 spiro atoms. The molecule has 1 N–H and O–H groups in total. The molecule has 0 aliphatic heterocycles. The predicted molar refractivity (Wildman–Crippen MR) is 69.8 cm³/mol. The van der Waals surface area contributed by atoms with Crippen LogP contribution in [0.1, 0.15) is 65.2 Å². The molecule has 1 atom stereocenters. The molecule has 0 bridgehead atoms. The van der Waals surface area contributed by atoms with Crippen molar-refractivity contribution < 1.29 is 4.74 Å². The molecule has 2 heteroatoms. The van der Waals surface area contributed by atoms with Crippen LogP contribution in [0.3, 0.4) is 0 Å². The summed E-state index contributed by atoms with van der Waals surface area (Å²) in [5.74, 6) is 0. The Bertz CT molecular complexity index is 157. The second kappa shape index (κ2) is 9.00. The van der Waals surface area contributed by atoms with E-state index >= 15 is 0 Å². The molecule has 1 rings (SSSR count). The van der Waals surface area contributed by atoms with Crippen LogP contribution in [0.4, 0.5) is 0 Å². The quantitative estimate of drug-likeness (QED) is 0.545. The van der Waals surface area contributed by atoms with E-state index in [4.69, 9.17) is 4.74 Å². The van der Waals surface area contributed by atoms with Crippen molar-refractivity contribution in [3.8, 4) is 0 Å². The monoisotopic (exact) mass is 227 g/mol. The fraction of sp³-hybridized carbons (Fsp3) is 1.00.